The average Bonchev–Trinajstić information content (AvgIpc) is 3.03. The van der Waals surface area contributed by atoms with E-state index in [1.165, 1.54) is 23.3 Å². The van der Waals surface area contributed by atoms with Gasteiger partial charge in [-0.3, -0.25) is 9.79 Å². The van der Waals surface area contributed by atoms with Crippen molar-refractivity contribution in [3.8, 4) is 0 Å². The van der Waals surface area contributed by atoms with E-state index in [-0.39, 0.29) is 29.9 Å². The Morgan fingerprint density at radius 3 is 2.65 bits per heavy atom. The maximum atomic E-state index is 11.9. The summed E-state index contributed by atoms with van der Waals surface area (Å²) in [5, 5.41) is 6.75. The summed E-state index contributed by atoms with van der Waals surface area (Å²) in [5.74, 6) is 2.30. The molecule has 0 bridgehead atoms. The lowest BCUT2D eigenvalue weighted by Gasteiger charge is -2.19. The summed E-state index contributed by atoms with van der Waals surface area (Å²) in [4.78, 5) is 18.1. The van der Waals surface area contributed by atoms with Crippen LogP contribution in [0, 0.1) is 0 Å². The number of rotatable bonds is 9. The van der Waals surface area contributed by atoms with Gasteiger partial charge in [-0.1, -0.05) is 24.3 Å². The Kier molecular flexibility index (Phi) is 11.8. The van der Waals surface area contributed by atoms with Gasteiger partial charge in [0, 0.05) is 39.6 Å². The van der Waals surface area contributed by atoms with Gasteiger partial charge in [0.15, 0.2) is 5.96 Å². The number of carbonyl (C=O) groups excluding carboxylic acids is 1. The zero-order valence-corrected chi connectivity index (χ0v) is 18.9. The SMILES string of the molecule is CN=C(NCCCCSC)NCc1ccccc1CN1CCCC1=O.I. The second-order valence-corrected chi connectivity index (χ2v) is 7.23. The van der Waals surface area contributed by atoms with E-state index in [0.717, 1.165) is 31.9 Å². The van der Waals surface area contributed by atoms with Crippen molar-refractivity contribution in [2.45, 2.75) is 38.8 Å². The molecule has 1 saturated heterocycles. The Morgan fingerprint density at radius 1 is 1.23 bits per heavy atom. The standard InChI is InChI=1S/C19H30N4OS.HI/c1-20-19(21-11-5-6-13-25-2)22-14-16-8-3-4-9-17(16)15-23-12-7-10-18(23)24;/h3-4,8-9H,5-7,10-15H2,1-2H3,(H2,20,21,22);1H. The summed E-state index contributed by atoms with van der Waals surface area (Å²) < 4.78 is 0. The third kappa shape index (κ3) is 7.73. The number of hydrogen-bond donors (Lipinski definition) is 2. The Bertz CT molecular complexity index is 582. The summed E-state index contributed by atoms with van der Waals surface area (Å²) in [7, 11) is 1.80. The van der Waals surface area contributed by atoms with Crippen LogP contribution in [0.5, 0.6) is 0 Å². The van der Waals surface area contributed by atoms with E-state index in [4.69, 9.17) is 0 Å². The highest BCUT2D eigenvalue weighted by Gasteiger charge is 2.20. The van der Waals surface area contributed by atoms with Gasteiger partial charge in [-0.2, -0.15) is 11.8 Å². The number of nitrogens with one attached hydrogen (secondary N) is 2. The van der Waals surface area contributed by atoms with Gasteiger partial charge in [-0.25, -0.2) is 0 Å². The predicted molar refractivity (Wildman–Crippen MR) is 122 cm³/mol. The van der Waals surface area contributed by atoms with E-state index in [0.29, 0.717) is 19.5 Å². The fourth-order valence-corrected chi connectivity index (χ4v) is 3.43. The van der Waals surface area contributed by atoms with Crippen LogP contribution in [0.4, 0.5) is 0 Å². The number of nitrogens with zero attached hydrogens (tertiary/aromatic N) is 2. The number of likely N-dealkylation sites (tertiary alicyclic amines) is 1. The van der Waals surface area contributed by atoms with Gasteiger partial charge in [0.2, 0.25) is 5.91 Å². The average molecular weight is 490 g/mol. The molecule has 1 aliphatic heterocycles. The topological polar surface area (TPSA) is 56.7 Å². The van der Waals surface area contributed by atoms with Crippen molar-refractivity contribution < 1.29 is 4.79 Å². The van der Waals surface area contributed by atoms with Crippen molar-refractivity contribution in [3.05, 3.63) is 35.4 Å². The van der Waals surface area contributed by atoms with Crippen LogP contribution in [-0.2, 0) is 17.9 Å². The van der Waals surface area contributed by atoms with E-state index >= 15 is 0 Å². The monoisotopic (exact) mass is 490 g/mol. The Balaban J connectivity index is 0.00000338. The van der Waals surface area contributed by atoms with Crippen molar-refractivity contribution in [2.24, 2.45) is 4.99 Å². The fourth-order valence-electron chi connectivity index (χ4n) is 2.94. The molecule has 5 nitrogen and oxygen atoms in total. The zero-order valence-electron chi connectivity index (χ0n) is 15.8. The molecule has 0 atom stereocenters. The highest BCUT2D eigenvalue weighted by molar-refractivity contribution is 14.0. The third-order valence-corrected chi connectivity index (χ3v) is 5.09. The molecular weight excluding hydrogens is 459 g/mol. The molecule has 0 aliphatic carbocycles. The molecule has 26 heavy (non-hydrogen) atoms. The molecule has 1 aromatic rings. The predicted octanol–water partition coefficient (Wildman–Crippen LogP) is 3.24. The molecule has 0 radical (unpaired) electrons. The molecule has 1 fully saturated rings. The fraction of sp³-hybridized carbons (Fsp3) is 0.579. The number of benzene rings is 1. The van der Waals surface area contributed by atoms with Crippen molar-refractivity contribution in [3.63, 3.8) is 0 Å². The van der Waals surface area contributed by atoms with Gasteiger partial charge in [0.05, 0.1) is 0 Å². The van der Waals surface area contributed by atoms with Crippen molar-refractivity contribution in [1.29, 1.82) is 0 Å². The second kappa shape index (κ2) is 13.2. The normalized spacial score (nSPS) is 14.3. The van der Waals surface area contributed by atoms with Crippen LogP contribution in [0.1, 0.15) is 36.8 Å². The van der Waals surface area contributed by atoms with Gasteiger partial charge in [0.25, 0.3) is 0 Å². The van der Waals surface area contributed by atoms with Crippen LogP contribution in [-0.4, -0.2) is 48.9 Å². The molecule has 0 saturated carbocycles. The Morgan fingerprint density at radius 2 is 2.00 bits per heavy atom. The van der Waals surface area contributed by atoms with Crippen molar-refractivity contribution >= 4 is 47.6 Å². The minimum absolute atomic E-state index is 0. The molecular formula is C19H31IN4OS. The summed E-state index contributed by atoms with van der Waals surface area (Å²) in [6, 6.07) is 8.32. The van der Waals surface area contributed by atoms with Gasteiger partial charge in [-0.15, -0.1) is 24.0 Å². The van der Waals surface area contributed by atoms with Crippen molar-refractivity contribution in [1.82, 2.24) is 15.5 Å². The maximum absolute atomic E-state index is 11.9. The van der Waals surface area contributed by atoms with Crippen molar-refractivity contribution in [2.75, 3.05) is 32.1 Å². The quantitative estimate of drug-likeness (QED) is 0.242. The second-order valence-electron chi connectivity index (χ2n) is 6.24. The van der Waals surface area contributed by atoms with E-state index in [9.17, 15) is 4.79 Å². The van der Waals surface area contributed by atoms with Crippen LogP contribution >= 0.6 is 35.7 Å². The van der Waals surface area contributed by atoms with Crippen LogP contribution in [0.3, 0.4) is 0 Å². The van der Waals surface area contributed by atoms with E-state index in [1.807, 2.05) is 28.8 Å². The minimum atomic E-state index is 0. The number of guanidine groups is 1. The highest BCUT2D eigenvalue weighted by atomic mass is 127. The first-order chi connectivity index (χ1) is 12.2. The first kappa shape index (κ1) is 23.1. The van der Waals surface area contributed by atoms with Gasteiger partial charge in [0.1, 0.15) is 0 Å². The highest BCUT2D eigenvalue weighted by Crippen LogP contribution is 2.17. The number of carbonyl (C=O) groups is 1. The number of aliphatic imine (C=N–C) groups is 1. The molecule has 1 aromatic carbocycles. The zero-order chi connectivity index (χ0) is 17.9. The van der Waals surface area contributed by atoms with Gasteiger partial charge >= 0.3 is 0 Å². The lowest BCUT2D eigenvalue weighted by atomic mass is 10.1. The molecule has 0 spiro atoms. The molecule has 7 heteroatoms. The number of amides is 1. The Labute approximate surface area is 178 Å². The molecule has 2 rings (SSSR count). The maximum Gasteiger partial charge on any atom is 0.222 e. The molecule has 1 heterocycles. The van der Waals surface area contributed by atoms with Gasteiger partial charge in [-0.05, 0) is 42.4 Å². The van der Waals surface area contributed by atoms with E-state index in [2.05, 4.69) is 34.0 Å². The molecule has 0 unspecified atom stereocenters. The first-order valence-corrected chi connectivity index (χ1v) is 10.4. The number of halogens is 1. The van der Waals surface area contributed by atoms with E-state index in [1.54, 1.807) is 7.05 Å². The third-order valence-electron chi connectivity index (χ3n) is 4.39. The largest absolute Gasteiger partial charge is 0.356 e. The number of thioether (sulfide) groups is 1. The van der Waals surface area contributed by atoms with Crippen LogP contribution in [0.2, 0.25) is 0 Å². The van der Waals surface area contributed by atoms with Crippen LogP contribution in [0.15, 0.2) is 29.3 Å². The van der Waals surface area contributed by atoms with Gasteiger partial charge < -0.3 is 15.5 Å². The van der Waals surface area contributed by atoms with E-state index < -0.39 is 0 Å². The summed E-state index contributed by atoms with van der Waals surface area (Å²) >= 11 is 1.89. The minimum Gasteiger partial charge on any atom is -0.356 e. The molecule has 1 aliphatic rings. The van der Waals surface area contributed by atoms with Crippen LogP contribution in [0.25, 0.3) is 0 Å². The first-order valence-electron chi connectivity index (χ1n) is 9.02. The number of hydrogen-bond acceptors (Lipinski definition) is 3. The number of unbranched alkanes of at least 4 members (excludes halogenated alkanes) is 1. The lowest BCUT2D eigenvalue weighted by molar-refractivity contribution is -0.128. The Hall–Kier alpha value is -0.960. The summed E-state index contributed by atoms with van der Waals surface area (Å²) in [6.07, 6.45) is 6.17. The molecule has 0 aromatic heterocycles. The summed E-state index contributed by atoms with van der Waals surface area (Å²) in [6.45, 7) is 3.23. The smallest absolute Gasteiger partial charge is 0.222 e. The lowest BCUT2D eigenvalue weighted by Crippen LogP contribution is -2.37. The molecule has 1 amide bonds. The molecule has 2 N–H and O–H groups in total. The van der Waals surface area contributed by atoms with Crippen LogP contribution < -0.4 is 10.6 Å². The molecule has 146 valence electrons. The summed E-state index contributed by atoms with van der Waals surface area (Å²) in [5.41, 5.74) is 2.42.